The van der Waals surface area contributed by atoms with Gasteiger partial charge in [-0.05, 0) is 19.3 Å². The summed E-state index contributed by atoms with van der Waals surface area (Å²) in [7, 11) is 0. The third-order valence-electron chi connectivity index (χ3n) is 3.36. The highest BCUT2D eigenvalue weighted by Crippen LogP contribution is 2.41. The summed E-state index contributed by atoms with van der Waals surface area (Å²) in [6.45, 7) is 3.26. The SMILES string of the molecule is CCCn1ncnc1Cn1nnc(C(=O)O)c1C1CC1. The summed E-state index contributed by atoms with van der Waals surface area (Å²) in [6, 6.07) is 0. The lowest BCUT2D eigenvalue weighted by molar-refractivity contribution is 0.0689. The second kappa shape index (κ2) is 5.03. The van der Waals surface area contributed by atoms with Gasteiger partial charge >= 0.3 is 5.97 Å². The lowest BCUT2D eigenvalue weighted by Crippen LogP contribution is -2.13. The maximum absolute atomic E-state index is 11.2. The van der Waals surface area contributed by atoms with E-state index in [0.717, 1.165) is 31.6 Å². The minimum Gasteiger partial charge on any atom is -0.476 e. The first-order valence-electron chi connectivity index (χ1n) is 6.74. The number of carboxylic acids is 1. The first-order valence-corrected chi connectivity index (χ1v) is 6.74. The molecule has 0 unspecified atom stereocenters. The van der Waals surface area contributed by atoms with Crippen LogP contribution in [-0.4, -0.2) is 40.8 Å². The van der Waals surface area contributed by atoms with Crippen molar-refractivity contribution in [1.29, 1.82) is 0 Å². The molecule has 1 fully saturated rings. The van der Waals surface area contributed by atoms with Crippen LogP contribution in [0.4, 0.5) is 0 Å². The molecule has 8 heteroatoms. The van der Waals surface area contributed by atoms with Crippen LogP contribution < -0.4 is 0 Å². The monoisotopic (exact) mass is 276 g/mol. The molecule has 106 valence electrons. The van der Waals surface area contributed by atoms with E-state index in [2.05, 4.69) is 27.3 Å². The van der Waals surface area contributed by atoms with Crippen LogP contribution in [0.2, 0.25) is 0 Å². The Bertz CT molecular complexity index is 628. The fourth-order valence-corrected chi connectivity index (χ4v) is 2.29. The number of rotatable bonds is 6. The van der Waals surface area contributed by atoms with Crippen molar-refractivity contribution in [3.05, 3.63) is 23.5 Å². The number of aromatic carboxylic acids is 1. The molecule has 0 radical (unpaired) electrons. The summed E-state index contributed by atoms with van der Waals surface area (Å²) in [5.41, 5.74) is 0.776. The first kappa shape index (κ1) is 12.8. The van der Waals surface area contributed by atoms with Crippen LogP contribution in [0.25, 0.3) is 0 Å². The smallest absolute Gasteiger partial charge is 0.358 e. The van der Waals surface area contributed by atoms with E-state index in [1.165, 1.54) is 6.33 Å². The van der Waals surface area contributed by atoms with E-state index in [1.807, 2.05) is 4.68 Å². The molecule has 2 heterocycles. The molecule has 1 aliphatic rings. The van der Waals surface area contributed by atoms with Crippen LogP contribution >= 0.6 is 0 Å². The van der Waals surface area contributed by atoms with Crippen molar-refractivity contribution in [2.45, 2.75) is 45.2 Å². The van der Waals surface area contributed by atoms with Crippen molar-refractivity contribution in [2.75, 3.05) is 0 Å². The predicted molar refractivity (Wildman–Crippen MR) is 68.4 cm³/mol. The average Bonchev–Trinajstić information content (AvgIpc) is 3.02. The highest BCUT2D eigenvalue weighted by atomic mass is 16.4. The van der Waals surface area contributed by atoms with Crippen LogP contribution in [0, 0.1) is 0 Å². The van der Waals surface area contributed by atoms with Crippen molar-refractivity contribution in [2.24, 2.45) is 0 Å². The van der Waals surface area contributed by atoms with Crippen LogP contribution in [0.5, 0.6) is 0 Å². The standard InChI is InChI=1S/C12H16N6O2/c1-2-5-17-9(13-7-14-17)6-18-11(8-3-4-8)10(12(19)20)15-16-18/h7-8H,2-6H2,1H3,(H,19,20). The minimum atomic E-state index is -1.02. The molecule has 0 saturated heterocycles. The second-order valence-corrected chi connectivity index (χ2v) is 4.96. The summed E-state index contributed by atoms with van der Waals surface area (Å²) < 4.78 is 3.47. The van der Waals surface area contributed by atoms with Gasteiger partial charge in [-0.3, -0.25) is 0 Å². The van der Waals surface area contributed by atoms with Gasteiger partial charge in [0.2, 0.25) is 0 Å². The van der Waals surface area contributed by atoms with Gasteiger partial charge in [-0.1, -0.05) is 12.1 Å². The molecular weight excluding hydrogens is 260 g/mol. The van der Waals surface area contributed by atoms with Gasteiger partial charge in [0.1, 0.15) is 18.7 Å². The van der Waals surface area contributed by atoms with Gasteiger partial charge in [0.05, 0.1) is 5.69 Å². The van der Waals surface area contributed by atoms with Gasteiger partial charge < -0.3 is 5.11 Å². The molecule has 20 heavy (non-hydrogen) atoms. The van der Waals surface area contributed by atoms with Gasteiger partial charge in [-0.25, -0.2) is 19.1 Å². The fraction of sp³-hybridized carbons (Fsp3) is 0.583. The third kappa shape index (κ3) is 2.28. The Hall–Kier alpha value is -2.25. The number of aromatic nitrogens is 6. The van der Waals surface area contributed by atoms with Crippen molar-refractivity contribution in [1.82, 2.24) is 29.8 Å². The lowest BCUT2D eigenvalue weighted by Gasteiger charge is -2.07. The molecule has 2 aromatic heterocycles. The number of carboxylic acid groups (broad SMARTS) is 1. The molecule has 0 atom stereocenters. The zero-order valence-electron chi connectivity index (χ0n) is 11.2. The van der Waals surface area contributed by atoms with E-state index < -0.39 is 5.97 Å². The van der Waals surface area contributed by atoms with Gasteiger partial charge in [-0.15, -0.1) is 5.10 Å². The summed E-state index contributed by atoms with van der Waals surface area (Å²) in [6.07, 6.45) is 4.46. The zero-order valence-corrected chi connectivity index (χ0v) is 11.2. The average molecular weight is 276 g/mol. The van der Waals surface area contributed by atoms with Gasteiger partial charge in [0.25, 0.3) is 0 Å². The summed E-state index contributed by atoms with van der Waals surface area (Å²) in [5, 5.41) is 21.1. The Morgan fingerprint density at radius 2 is 2.25 bits per heavy atom. The summed E-state index contributed by atoms with van der Waals surface area (Å²) >= 11 is 0. The van der Waals surface area contributed by atoms with Crippen molar-refractivity contribution < 1.29 is 9.90 Å². The Balaban J connectivity index is 1.90. The number of aryl methyl sites for hydroxylation is 1. The molecule has 0 amide bonds. The first-order chi connectivity index (χ1) is 9.70. The third-order valence-corrected chi connectivity index (χ3v) is 3.36. The Morgan fingerprint density at radius 3 is 2.90 bits per heavy atom. The number of nitrogens with zero attached hydrogens (tertiary/aromatic N) is 6. The van der Waals surface area contributed by atoms with Gasteiger partial charge in [-0.2, -0.15) is 5.10 Å². The molecule has 0 bridgehead atoms. The second-order valence-electron chi connectivity index (χ2n) is 4.96. The molecular formula is C12H16N6O2. The van der Waals surface area contributed by atoms with E-state index >= 15 is 0 Å². The van der Waals surface area contributed by atoms with Crippen LogP contribution in [0.15, 0.2) is 6.33 Å². The molecule has 0 aliphatic heterocycles. The highest BCUT2D eigenvalue weighted by Gasteiger charge is 2.34. The maximum atomic E-state index is 11.2. The topological polar surface area (TPSA) is 98.7 Å². The van der Waals surface area contributed by atoms with Crippen molar-refractivity contribution in [3.8, 4) is 0 Å². The quantitative estimate of drug-likeness (QED) is 0.841. The minimum absolute atomic E-state index is 0.0639. The number of carbonyl (C=O) groups is 1. The fourth-order valence-electron chi connectivity index (χ4n) is 2.29. The van der Waals surface area contributed by atoms with Crippen molar-refractivity contribution >= 4 is 5.97 Å². The van der Waals surface area contributed by atoms with Crippen molar-refractivity contribution in [3.63, 3.8) is 0 Å². The van der Waals surface area contributed by atoms with E-state index in [4.69, 9.17) is 0 Å². The van der Waals surface area contributed by atoms with E-state index in [9.17, 15) is 9.90 Å². The normalized spacial score (nSPS) is 14.7. The molecule has 1 aliphatic carbocycles. The Morgan fingerprint density at radius 1 is 1.45 bits per heavy atom. The zero-order chi connectivity index (χ0) is 14.1. The van der Waals surface area contributed by atoms with Crippen LogP contribution in [-0.2, 0) is 13.1 Å². The largest absolute Gasteiger partial charge is 0.476 e. The van der Waals surface area contributed by atoms with Crippen LogP contribution in [0.1, 0.15) is 54.1 Å². The Labute approximate surface area is 115 Å². The molecule has 1 N–H and O–H groups in total. The highest BCUT2D eigenvalue weighted by molar-refractivity contribution is 5.86. The molecule has 8 nitrogen and oxygen atoms in total. The Kier molecular flexibility index (Phi) is 3.21. The number of hydrogen-bond donors (Lipinski definition) is 1. The predicted octanol–water partition coefficient (Wildman–Crippen LogP) is 0.903. The maximum Gasteiger partial charge on any atom is 0.358 e. The van der Waals surface area contributed by atoms with Gasteiger partial charge in [0.15, 0.2) is 5.69 Å². The summed E-state index contributed by atoms with van der Waals surface area (Å²) in [4.78, 5) is 15.4. The van der Waals surface area contributed by atoms with E-state index in [0.29, 0.717) is 12.2 Å². The summed E-state index contributed by atoms with van der Waals surface area (Å²) in [5.74, 6) is 0.0161. The van der Waals surface area contributed by atoms with E-state index in [-0.39, 0.29) is 11.6 Å². The molecule has 0 spiro atoms. The molecule has 3 rings (SSSR count). The van der Waals surface area contributed by atoms with E-state index in [1.54, 1.807) is 4.68 Å². The molecule has 1 saturated carbocycles. The number of hydrogen-bond acceptors (Lipinski definition) is 5. The lowest BCUT2D eigenvalue weighted by atomic mass is 10.2. The molecule has 0 aromatic carbocycles. The van der Waals surface area contributed by atoms with Gasteiger partial charge in [0, 0.05) is 12.5 Å². The molecule has 2 aromatic rings. The van der Waals surface area contributed by atoms with Crippen LogP contribution in [0.3, 0.4) is 0 Å².